The first-order valence-electron chi connectivity index (χ1n) is 13.4. The average molecular weight is 541 g/mol. The van der Waals surface area contributed by atoms with Crippen LogP contribution in [0.5, 0.6) is 17.2 Å². The highest BCUT2D eigenvalue weighted by Gasteiger charge is 2.43. The van der Waals surface area contributed by atoms with Gasteiger partial charge in [0, 0.05) is 29.9 Å². The highest BCUT2D eigenvalue weighted by atomic mass is 16.5. The number of aromatic nitrogens is 2. The second-order valence-corrected chi connectivity index (χ2v) is 9.86. The Balaban J connectivity index is 1.28. The third kappa shape index (κ3) is 6.01. The number of carboxylic acid groups (broad SMARTS) is 1. The Labute approximate surface area is 233 Å². The van der Waals surface area contributed by atoms with Gasteiger partial charge in [-0.1, -0.05) is 48.5 Å². The number of hydrogen-bond donors (Lipinski definition) is 1. The fraction of sp³-hybridized carbons (Fsp3) is 0.281. The zero-order valence-electron chi connectivity index (χ0n) is 22.4. The molecule has 0 amide bonds. The summed E-state index contributed by atoms with van der Waals surface area (Å²) in [5.74, 6) is 0.915. The van der Waals surface area contributed by atoms with Gasteiger partial charge in [0.1, 0.15) is 17.2 Å². The molecule has 1 saturated carbocycles. The van der Waals surface area contributed by atoms with E-state index in [1.165, 1.54) is 0 Å². The first kappa shape index (κ1) is 27.0. The van der Waals surface area contributed by atoms with Crippen LogP contribution in [0.3, 0.4) is 0 Å². The summed E-state index contributed by atoms with van der Waals surface area (Å²) in [5, 5.41) is 9.72. The van der Waals surface area contributed by atoms with E-state index in [2.05, 4.69) is 0 Å². The average Bonchev–Trinajstić information content (AvgIpc) is 3.64. The monoisotopic (exact) mass is 540 g/mol. The number of nitrogens with zero attached hydrogens (tertiary/aromatic N) is 2. The van der Waals surface area contributed by atoms with Crippen molar-refractivity contribution in [3.8, 4) is 28.5 Å². The summed E-state index contributed by atoms with van der Waals surface area (Å²) in [7, 11) is 1.57. The molecule has 1 heterocycles. The number of rotatable bonds is 12. The van der Waals surface area contributed by atoms with Crippen molar-refractivity contribution in [2.75, 3.05) is 13.7 Å². The van der Waals surface area contributed by atoms with Gasteiger partial charge in [-0.15, -0.1) is 0 Å². The van der Waals surface area contributed by atoms with Gasteiger partial charge in [-0.3, -0.25) is 4.79 Å². The van der Waals surface area contributed by atoms with Crippen LogP contribution >= 0.6 is 0 Å². The number of ketones is 1. The van der Waals surface area contributed by atoms with Crippen LogP contribution in [0.15, 0.2) is 85.1 Å². The van der Waals surface area contributed by atoms with Gasteiger partial charge in [-0.05, 0) is 56.4 Å². The molecule has 1 fully saturated rings. The standard InChI is InChI=1S/C32H32N2O6/c1-38-25-13-7-12-24(20-25)29(35)30-33-28(23-10-3-2-4-11-23)22-34(30)18-9-19-39-26-14-8-15-27(21-26)40-32(31(36)37)16-5-6-17-32/h2-4,7-8,10-15,20-22H,5-6,9,16-19H2,1H3,(H,36,37). The van der Waals surface area contributed by atoms with E-state index in [9.17, 15) is 14.7 Å². The Morgan fingerprint density at radius 2 is 1.65 bits per heavy atom. The van der Waals surface area contributed by atoms with E-state index in [0.717, 1.165) is 24.1 Å². The fourth-order valence-electron chi connectivity index (χ4n) is 4.99. The number of imidazole rings is 1. The van der Waals surface area contributed by atoms with Crippen LogP contribution in [0.25, 0.3) is 11.3 Å². The molecule has 0 saturated heterocycles. The Bertz CT molecular complexity index is 1470. The number of benzene rings is 3. The van der Waals surface area contributed by atoms with Gasteiger partial charge in [0.05, 0.1) is 19.4 Å². The van der Waals surface area contributed by atoms with Gasteiger partial charge >= 0.3 is 5.97 Å². The van der Waals surface area contributed by atoms with E-state index < -0.39 is 11.6 Å². The van der Waals surface area contributed by atoms with E-state index in [1.54, 1.807) is 49.6 Å². The molecule has 8 nitrogen and oxygen atoms in total. The molecule has 0 radical (unpaired) electrons. The molecule has 0 spiro atoms. The first-order valence-corrected chi connectivity index (χ1v) is 13.4. The Morgan fingerprint density at radius 3 is 2.40 bits per heavy atom. The lowest BCUT2D eigenvalue weighted by molar-refractivity contribution is -0.154. The zero-order valence-corrected chi connectivity index (χ0v) is 22.4. The number of hydrogen-bond acceptors (Lipinski definition) is 6. The largest absolute Gasteiger partial charge is 0.497 e. The minimum Gasteiger partial charge on any atom is -0.497 e. The summed E-state index contributed by atoms with van der Waals surface area (Å²) >= 11 is 0. The smallest absolute Gasteiger partial charge is 0.348 e. The molecule has 0 atom stereocenters. The second kappa shape index (κ2) is 12.1. The molecule has 8 heteroatoms. The van der Waals surface area contributed by atoms with Crippen molar-refractivity contribution in [1.82, 2.24) is 9.55 Å². The van der Waals surface area contributed by atoms with Crippen LogP contribution in [0, 0.1) is 0 Å². The van der Waals surface area contributed by atoms with Crippen molar-refractivity contribution in [2.45, 2.75) is 44.2 Å². The van der Waals surface area contributed by atoms with E-state index in [0.29, 0.717) is 61.1 Å². The third-order valence-electron chi connectivity index (χ3n) is 7.11. The predicted molar refractivity (Wildman–Crippen MR) is 150 cm³/mol. The molecule has 0 unspecified atom stereocenters. The lowest BCUT2D eigenvalue weighted by atomic mass is 10.0. The summed E-state index contributed by atoms with van der Waals surface area (Å²) in [6.45, 7) is 0.905. The molecule has 0 bridgehead atoms. The number of ether oxygens (including phenoxy) is 3. The summed E-state index contributed by atoms with van der Waals surface area (Å²) in [4.78, 5) is 30.0. The highest BCUT2D eigenvalue weighted by Crippen LogP contribution is 2.35. The Morgan fingerprint density at radius 1 is 0.925 bits per heavy atom. The lowest BCUT2D eigenvalue weighted by Crippen LogP contribution is -2.41. The number of aliphatic carboxylic acids is 1. The van der Waals surface area contributed by atoms with E-state index in [4.69, 9.17) is 19.2 Å². The molecule has 5 rings (SSSR count). The minimum absolute atomic E-state index is 0.189. The molecule has 1 aliphatic carbocycles. The summed E-state index contributed by atoms with van der Waals surface area (Å²) < 4.78 is 19.1. The Hall–Kier alpha value is -4.59. The van der Waals surface area contributed by atoms with E-state index in [1.807, 2.05) is 47.2 Å². The summed E-state index contributed by atoms with van der Waals surface area (Å²) in [6, 6.07) is 23.9. The maximum absolute atomic E-state index is 13.5. The topological polar surface area (TPSA) is 99.9 Å². The Kier molecular flexibility index (Phi) is 8.15. The van der Waals surface area contributed by atoms with Crippen LogP contribution in [0.2, 0.25) is 0 Å². The number of methoxy groups -OCH3 is 1. The quantitative estimate of drug-likeness (QED) is 0.173. The third-order valence-corrected chi connectivity index (χ3v) is 7.11. The SMILES string of the molecule is COc1cccc(C(=O)c2nc(-c3ccccc3)cn2CCCOc2cccc(OC3(C(=O)O)CCCC3)c2)c1. The molecule has 1 aromatic heterocycles. The summed E-state index contributed by atoms with van der Waals surface area (Å²) in [5.41, 5.74) is 0.981. The normalized spacial score (nSPS) is 14.0. The predicted octanol–water partition coefficient (Wildman–Crippen LogP) is 6.04. The number of carboxylic acids is 1. The molecule has 206 valence electrons. The van der Waals surface area contributed by atoms with Crippen molar-refractivity contribution < 1.29 is 28.9 Å². The van der Waals surface area contributed by atoms with Crippen LogP contribution in [0.1, 0.15) is 48.3 Å². The second-order valence-electron chi connectivity index (χ2n) is 9.86. The van der Waals surface area contributed by atoms with Crippen molar-refractivity contribution in [1.29, 1.82) is 0 Å². The maximum atomic E-state index is 13.5. The maximum Gasteiger partial charge on any atom is 0.348 e. The molecule has 4 aromatic rings. The van der Waals surface area contributed by atoms with Crippen LogP contribution in [0.4, 0.5) is 0 Å². The molecule has 40 heavy (non-hydrogen) atoms. The van der Waals surface area contributed by atoms with Gasteiger partial charge < -0.3 is 23.9 Å². The van der Waals surface area contributed by atoms with Crippen molar-refractivity contribution in [3.63, 3.8) is 0 Å². The van der Waals surface area contributed by atoms with E-state index >= 15 is 0 Å². The molecule has 1 N–H and O–H groups in total. The molecular formula is C32H32N2O6. The van der Waals surface area contributed by atoms with Gasteiger partial charge in [-0.2, -0.15) is 0 Å². The van der Waals surface area contributed by atoms with Crippen molar-refractivity contribution >= 4 is 11.8 Å². The minimum atomic E-state index is -1.16. The summed E-state index contributed by atoms with van der Waals surface area (Å²) in [6.07, 6.45) is 5.19. The lowest BCUT2D eigenvalue weighted by Gasteiger charge is -2.25. The molecule has 0 aliphatic heterocycles. The van der Waals surface area contributed by atoms with Crippen LogP contribution < -0.4 is 14.2 Å². The van der Waals surface area contributed by atoms with Crippen LogP contribution in [-0.4, -0.2) is 45.7 Å². The van der Waals surface area contributed by atoms with Gasteiger partial charge in [0.15, 0.2) is 5.82 Å². The van der Waals surface area contributed by atoms with Gasteiger partial charge in [0.25, 0.3) is 0 Å². The van der Waals surface area contributed by atoms with Crippen LogP contribution in [-0.2, 0) is 11.3 Å². The molecular weight excluding hydrogens is 508 g/mol. The van der Waals surface area contributed by atoms with Crippen molar-refractivity contribution in [2.24, 2.45) is 0 Å². The van der Waals surface area contributed by atoms with Gasteiger partial charge in [0.2, 0.25) is 11.4 Å². The highest BCUT2D eigenvalue weighted by molar-refractivity contribution is 6.07. The van der Waals surface area contributed by atoms with Gasteiger partial charge in [-0.25, -0.2) is 9.78 Å². The zero-order chi connectivity index (χ0) is 28.0. The van der Waals surface area contributed by atoms with E-state index in [-0.39, 0.29) is 5.78 Å². The number of carbonyl (C=O) groups excluding carboxylic acids is 1. The number of carbonyl (C=O) groups is 2. The first-order chi connectivity index (χ1) is 19.5. The van der Waals surface area contributed by atoms with Crippen molar-refractivity contribution in [3.05, 3.63) is 96.4 Å². The molecule has 3 aromatic carbocycles. The fourth-order valence-corrected chi connectivity index (χ4v) is 4.99. The molecule has 1 aliphatic rings. The number of aryl methyl sites for hydroxylation is 1.